The predicted octanol–water partition coefficient (Wildman–Crippen LogP) is 3.82. The maximum atomic E-state index is 6.47. The fraction of sp³-hybridized carbons (Fsp3) is 0.826. The topological polar surface area (TPSA) is 68.5 Å². The fourth-order valence-electron chi connectivity index (χ4n) is 5.78. The number of ether oxygens (including phenoxy) is 6. The molecule has 166 valence electrons. The normalized spacial score (nSPS) is 38.9. The van der Waals surface area contributed by atoms with Gasteiger partial charge in [0, 0.05) is 25.7 Å². The molecule has 3 aliphatic heterocycles. The van der Waals surface area contributed by atoms with E-state index in [1.165, 1.54) is 5.56 Å². The summed E-state index contributed by atoms with van der Waals surface area (Å²) in [6.45, 7) is 3.01. The van der Waals surface area contributed by atoms with E-state index in [2.05, 4.69) is 13.0 Å². The second-order valence-electron chi connectivity index (χ2n) is 9.42. The lowest BCUT2D eigenvalue weighted by Gasteiger charge is -2.30. The Kier molecular flexibility index (Phi) is 4.97. The van der Waals surface area contributed by atoms with Gasteiger partial charge in [-0.25, -0.2) is 0 Å². The van der Waals surface area contributed by atoms with Gasteiger partial charge < -0.3 is 32.8 Å². The molecule has 7 nitrogen and oxygen atoms in total. The van der Waals surface area contributed by atoms with Gasteiger partial charge in [-0.1, -0.05) is 6.92 Å². The van der Waals surface area contributed by atoms with Crippen LogP contribution < -0.4 is 0 Å². The first-order valence-corrected chi connectivity index (χ1v) is 11.7. The van der Waals surface area contributed by atoms with Gasteiger partial charge >= 0.3 is 0 Å². The fourth-order valence-corrected chi connectivity index (χ4v) is 5.78. The van der Waals surface area contributed by atoms with Crippen molar-refractivity contribution < 1.29 is 32.8 Å². The molecule has 3 saturated heterocycles. The van der Waals surface area contributed by atoms with E-state index in [1.807, 2.05) is 0 Å². The third kappa shape index (κ3) is 3.34. The molecular formula is C23H32O7. The minimum absolute atomic E-state index is 0.173. The van der Waals surface area contributed by atoms with Gasteiger partial charge in [-0.3, -0.25) is 0 Å². The molecule has 7 heteroatoms. The smallest absolute Gasteiger partial charge is 0.190 e. The lowest BCUT2D eigenvalue weighted by atomic mass is 10.1. The van der Waals surface area contributed by atoms with Crippen LogP contribution in [0, 0.1) is 0 Å². The quantitative estimate of drug-likeness (QED) is 0.717. The lowest BCUT2D eigenvalue weighted by molar-refractivity contribution is -0.249. The summed E-state index contributed by atoms with van der Waals surface area (Å²) in [6, 6.07) is 2.05. The molecular weight excluding hydrogens is 388 g/mol. The van der Waals surface area contributed by atoms with Crippen LogP contribution in [0.4, 0.5) is 0 Å². The Bertz CT molecular complexity index is 748. The third-order valence-electron chi connectivity index (χ3n) is 7.40. The molecule has 2 spiro atoms. The number of rotatable bonds is 5. The van der Waals surface area contributed by atoms with E-state index in [9.17, 15) is 0 Å². The van der Waals surface area contributed by atoms with E-state index in [0.29, 0.717) is 13.2 Å². The van der Waals surface area contributed by atoms with Crippen molar-refractivity contribution in [3.8, 4) is 0 Å². The molecule has 5 atom stereocenters. The molecule has 4 heterocycles. The van der Waals surface area contributed by atoms with E-state index in [1.54, 1.807) is 6.26 Å². The molecule has 6 rings (SSSR count). The van der Waals surface area contributed by atoms with Crippen molar-refractivity contribution in [2.75, 3.05) is 6.61 Å². The summed E-state index contributed by atoms with van der Waals surface area (Å²) in [5.41, 5.74) is 1.17. The number of aryl methyl sites for hydroxylation is 1. The van der Waals surface area contributed by atoms with Crippen molar-refractivity contribution in [1.29, 1.82) is 0 Å². The average molecular weight is 421 g/mol. The summed E-state index contributed by atoms with van der Waals surface area (Å²) in [7, 11) is 0. The molecule has 5 aliphatic rings. The van der Waals surface area contributed by atoms with E-state index in [0.717, 1.165) is 63.5 Å². The van der Waals surface area contributed by atoms with Crippen LogP contribution in [0.15, 0.2) is 16.7 Å². The van der Waals surface area contributed by atoms with E-state index in [4.69, 9.17) is 32.8 Å². The Labute approximate surface area is 177 Å². The van der Waals surface area contributed by atoms with Gasteiger partial charge in [0.15, 0.2) is 17.9 Å². The highest BCUT2D eigenvalue weighted by atomic mass is 16.9. The van der Waals surface area contributed by atoms with E-state index >= 15 is 0 Å². The molecule has 5 fully saturated rings. The number of fused-ring (bicyclic) bond motifs is 1. The third-order valence-corrected chi connectivity index (χ3v) is 7.40. The lowest BCUT2D eigenvalue weighted by Crippen LogP contribution is -2.44. The molecule has 0 unspecified atom stereocenters. The highest BCUT2D eigenvalue weighted by Gasteiger charge is 2.62. The second-order valence-corrected chi connectivity index (χ2v) is 9.42. The number of hydrogen-bond acceptors (Lipinski definition) is 7. The summed E-state index contributed by atoms with van der Waals surface area (Å²) in [5.74, 6) is -0.108. The van der Waals surface area contributed by atoms with Gasteiger partial charge in [0.1, 0.15) is 36.8 Å². The van der Waals surface area contributed by atoms with Gasteiger partial charge in [-0.2, -0.15) is 0 Å². The van der Waals surface area contributed by atoms with Crippen LogP contribution in [0.1, 0.15) is 69.6 Å². The summed E-state index contributed by atoms with van der Waals surface area (Å²) < 4.78 is 43.7. The highest BCUT2D eigenvalue weighted by Crippen LogP contribution is 2.49. The molecule has 0 aromatic carbocycles. The van der Waals surface area contributed by atoms with Gasteiger partial charge in [0.2, 0.25) is 0 Å². The standard InChI is InChI=1S/C23H32O7/c1-2-15-11-16(24-12-15)13-25-19-18(17-14-26-22(28-17)7-3-4-8-22)27-21-20(19)29-23(30-21)9-5-6-10-23/h11-12,17-21H,2-10,13-14H2,1H3/t17-,18-,19+,20-,21-/m1/s1. The Morgan fingerprint density at radius 2 is 1.73 bits per heavy atom. The van der Waals surface area contributed by atoms with Crippen LogP contribution in [0.3, 0.4) is 0 Å². The molecule has 30 heavy (non-hydrogen) atoms. The summed E-state index contributed by atoms with van der Waals surface area (Å²) >= 11 is 0. The molecule has 2 saturated carbocycles. The van der Waals surface area contributed by atoms with Gasteiger partial charge in [0.05, 0.1) is 12.9 Å². The zero-order valence-electron chi connectivity index (χ0n) is 17.7. The first-order valence-electron chi connectivity index (χ1n) is 11.7. The zero-order valence-corrected chi connectivity index (χ0v) is 17.7. The van der Waals surface area contributed by atoms with E-state index in [-0.39, 0.29) is 24.4 Å². The first kappa shape index (κ1) is 19.7. The maximum absolute atomic E-state index is 6.47. The molecule has 0 radical (unpaired) electrons. The van der Waals surface area contributed by atoms with Crippen LogP contribution in [-0.4, -0.2) is 48.9 Å². The zero-order chi connectivity index (χ0) is 20.2. The van der Waals surface area contributed by atoms with Gasteiger partial charge in [0.25, 0.3) is 0 Å². The van der Waals surface area contributed by atoms with Gasteiger partial charge in [-0.05, 0) is 43.7 Å². The second kappa shape index (κ2) is 7.57. The number of furan rings is 1. The first-order chi connectivity index (χ1) is 14.7. The molecule has 0 amide bonds. The summed E-state index contributed by atoms with van der Waals surface area (Å²) in [5, 5.41) is 0. The van der Waals surface area contributed by atoms with Crippen molar-refractivity contribution in [3.63, 3.8) is 0 Å². The Hall–Kier alpha value is -0.960. The van der Waals surface area contributed by atoms with Crippen LogP contribution in [0.2, 0.25) is 0 Å². The summed E-state index contributed by atoms with van der Waals surface area (Å²) in [6.07, 6.45) is 9.65. The molecule has 1 aromatic heterocycles. The molecule has 2 aliphatic carbocycles. The van der Waals surface area contributed by atoms with Crippen molar-refractivity contribution in [1.82, 2.24) is 0 Å². The van der Waals surface area contributed by atoms with Crippen molar-refractivity contribution in [2.24, 2.45) is 0 Å². The molecule has 1 aromatic rings. The monoisotopic (exact) mass is 420 g/mol. The SMILES string of the molecule is CCc1coc(CO[C@@H]2[C@H]3OC4(CCCC4)O[C@H]3O[C@@H]2[C@H]2COC3(CCCC3)O2)c1. The van der Waals surface area contributed by atoms with E-state index < -0.39 is 17.9 Å². The van der Waals surface area contributed by atoms with Crippen LogP contribution >= 0.6 is 0 Å². The average Bonchev–Trinajstić information content (AvgIpc) is 3.57. The summed E-state index contributed by atoms with van der Waals surface area (Å²) in [4.78, 5) is 0. The predicted molar refractivity (Wildman–Crippen MR) is 105 cm³/mol. The largest absolute Gasteiger partial charge is 0.467 e. The minimum Gasteiger partial charge on any atom is -0.467 e. The van der Waals surface area contributed by atoms with Crippen LogP contribution in [0.25, 0.3) is 0 Å². The highest BCUT2D eigenvalue weighted by molar-refractivity contribution is 5.12. The minimum atomic E-state index is -0.498. The van der Waals surface area contributed by atoms with Gasteiger partial charge in [-0.15, -0.1) is 0 Å². The van der Waals surface area contributed by atoms with Crippen LogP contribution in [0.5, 0.6) is 0 Å². The van der Waals surface area contributed by atoms with Crippen molar-refractivity contribution in [2.45, 2.75) is 114 Å². The number of hydrogen-bond donors (Lipinski definition) is 0. The molecule has 0 bridgehead atoms. The van der Waals surface area contributed by atoms with Crippen molar-refractivity contribution >= 4 is 0 Å². The maximum Gasteiger partial charge on any atom is 0.190 e. The molecule has 0 N–H and O–H groups in total. The van der Waals surface area contributed by atoms with Crippen LogP contribution in [-0.2, 0) is 41.4 Å². The Balaban J connectivity index is 1.19. The Morgan fingerprint density at radius 1 is 0.967 bits per heavy atom. The van der Waals surface area contributed by atoms with Crippen molar-refractivity contribution in [3.05, 3.63) is 23.7 Å². The Morgan fingerprint density at radius 3 is 2.47 bits per heavy atom.